The molecule has 4 nitrogen and oxygen atoms in total. The van der Waals surface area contributed by atoms with Gasteiger partial charge in [-0.1, -0.05) is 91.4 Å². The SMILES string of the molecule is CCCCCCCCCCOC(=O)CCCCCCCCC(=O)OCCC(C)C. The van der Waals surface area contributed by atoms with E-state index in [1.54, 1.807) is 0 Å². The Bertz CT molecular complexity index is 379. The molecule has 0 N–H and O–H groups in total. The fourth-order valence-electron chi connectivity index (χ4n) is 3.22. The Balaban J connectivity index is 3.26. The fraction of sp³-hybridized carbons (Fsp3) is 0.920. The van der Waals surface area contributed by atoms with Gasteiger partial charge < -0.3 is 9.47 Å². The van der Waals surface area contributed by atoms with E-state index >= 15 is 0 Å². The molecule has 0 amide bonds. The molecular weight excluding hydrogens is 364 g/mol. The Morgan fingerprint density at radius 2 is 1.00 bits per heavy atom. The maximum absolute atomic E-state index is 11.7. The quantitative estimate of drug-likeness (QED) is 0.146. The number of ether oxygens (including phenoxy) is 2. The number of esters is 2. The fourth-order valence-corrected chi connectivity index (χ4v) is 3.22. The predicted octanol–water partition coefficient (Wildman–Crippen LogP) is 7.38. The van der Waals surface area contributed by atoms with E-state index in [4.69, 9.17) is 9.47 Å². The summed E-state index contributed by atoms with van der Waals surface area (Å²) in [5.41, 5.74) is 0. The van der Waals surface area contributed by atoms with Crippen LogP contribution in [0.3, 0.4) is 0 Å². The molecule has 0 aromatic rings. The summed E-state index contributed by atoms with van der Waals surface area (Å²) in [5.74, 6) is 0.465. The Kier molecular flexibility index (Phi) is 20.9. The second-order valence-electron chi connectivity index (χ2n) is 8.72. The van der Waals surface area contributed by atoms with Gasteiger partial charge in [0.05, 0.1) is 13.2 Å². The summed E-state index contributed by atoms with van der Waals surface area (Å²) >= 11 is 0. The largest absolute Gasteiger partial charge is 0.466 e. The number of carbonyl (C=O) groups is 2. The third kappa shape index (κ3) is 23.1. The average molecular weight is 413 g/mol. The van der Waals surface area contributed by atoms with Gasteiger partial charge in [0, 0.05) is 12.8 Å². The minimum Gasteiger partial charge on any atom is -0.466 e. The van der Waals surface area contributed by atoms with E-state index in [2.05, 4.69) is 20.8 Å². The highest BCUT2D eigenvalue weighted by Gasteiger charge is 2.05. The first kappa shape index (κ1) is 27.9. The highest BCUT2D eigenvalue weighted by atomic mass is 16.5. The lowest BCUT2D eigenvalue weighted by molar-refractivity contribution is -0.145. The molecule has 0 aromatic carbocycles. The van der Waals surface area contributed by atoms with Gasteiger partial charge in [0.25, 0.3) is 0 Å². The van der Waals surface area contributed by atoms with Crippen molar-refractivity contribution in [1.82, 2.24) is 0 Å². The predicted molar refractivity (Wildman–Crippen MR) is 121 cm³/mol. The molecule has 0 radical (unpaired) electrons. The van der Waals surface area contributed by atoms with E-state index in [0.717, 1.165) is 51.4 Å². The lowest BCUT2D eigenvalue weighted by Gasteiger charge is -2.07. The highest BCUT2D eigenvalue weighted by Crippen LogP contribution is 2.11. The normalized spacial score (nSPS) is 11.0. The number of carbonyl (C=O) groups excluding carboxylic acids is 2. The molecule has 4 heteroatoms. The van der Waals surface area contributed by atoms with Crippen LogP contribution in [0.1, 0.15) is 130 Å². The van der Waals surface area contributed by atoms with Crippen LogP contribution in [0.5, 0.6) is 0 Å². The van der Waals surface area contributed by atoms with E-state index < -0.39 is 0 Å². The van der Waals surface area contributed by atoms with Crippen LogP contribution in [0.2, 0.25) is 0 Å². The smallest absolute Gasteiger partial charge is 0.305 e. The molecule has 0 fully saturated rings. The van der Waals surface area contributed by atoms with Crippen LogP contribution in [0, 0.1) is 5.92 Å². The van der Waals surface area contributed by atoms with Crippen molar-refractivity contribution in [2.24, 2.45) is 5.92 Å². The summed E-state index contributed by atoms with van der Waals surface area (Å²) < 4.78 is 10.5. The monoisotopic (exact) mass is 412 g/mol. The highest BCUT2D eigenvalue weighted by molar-refractivity contribution is 5.69. The van der Waals surface area contributed by atoms with Crippen LogP contribution in [-0.2, 0) is 19.1 Å². The van der Waals surface area contributed by atoms with E-state index in [1.165, 1.54) is 44.9 Å². The zero-order valence-corrected chi connectivity index (χ0v) is 19.6. The number of rotatable bonds is 21. The Labute approximate surface area is 180 Å². The number of hydrogen-bond acceptors (Lipinski definition) is 4. The third-order valence-corrected chi connectivity index (χ3v) is 5.23. The molecule has 0 bridgehead atoms. The molecule has 0 spiro atoms. The molecule has 0 rings (SSSR count). The maximum Gasteiger partial charge on any atom is 0.305 e. The van der Waals surface area contributed by atoms with Crippen molar-refractivity contribution < 1.29 is 19.1 Å². The van der Waals surface area contributed by atoms with Crippen LogP contribution < -0.4 is 0 Å². The van der Waals surface area contributed by atoms with E-state index in [0.29, 0.717) is 32.0 Å². The lowest BCUT2D eigenvalue weighted by Crippen LogP contribution is -2.07. The second kappa shape index (κ2) is 21.6. The van der Waals surface area contributed by atoms with Gasteiger partial charge in [0.2, 0.25) is 0 Å². The summed E-state index contributed by atoms with van der Waals surface area (Å²) in [6.07, 6.45) is 18.3. The van der Waals surface area contributed by atoms with Gasteiger partial charge in [-0.3, -0.25) is 9.59 Å². The van der Waals surface area contributed by atoms with Gasteiger partial charge >= 0.3 is 11.9 Å². The molecule has 0 heterocycles. The van der Waals surface area contributed by atoms with Crippen molar-refractivity contribution in [3.63, 3.8) is 0 Å². The van der Waals surface area contributed by atoms with Crippen molar-refractivity contribution in [2.45, 2.75) is 130 Å². The topological polar surface area (TPSA) is 52.6 Å². The first-order valence-electron chi connectivity index (χ1n) is 12.4. The van der Waals surface area contributed by atoms with Crippen LogP contribution in [0.25, 0.3) is 0 Å². The zero-order valence-electron chi connectivity index (χ0n) is 19.6. The standard InChI is InChI=1S/C25H48O4/c1-4-5-6-7-8-11-14-17-21-28-24(26)18-15-12-9-10-13-16-19-25(27)29-22-20-23(2)3/h23H,4-22H2,1-3H3. The second-order valence-corrected chi connectivity index (χ2v) is 8.72. The molecule has 29 heavy (non-hydrogen) atoms. The molecular formula is C25H48O4. The van der Waals surface area contributed by atoms with Crippen molar-refractivity contribution in [1.29, 1.82) is 0 Å². The van der Waals surface area contributed by atoms with Gasteiger partial charge in [0.1, 0.15) is 0 Å². The number of hydrogen-bond donors (Lipinski definition) is 0. The average Bonchev–Trinajstić information content (AvgIpc) is 2.68. The Morgan fingerprint density at radius 3 is 1.48 bits per heavy atom. The molecule has 0 saturated carbocycles. The molecule has 0 unspecified atom stereocenters. The van der Waals surface area contributed by atoms with E-state index in [1.807, 2.05) is 0 Å². The summed E-state index contributed by atoms with van der Waals surface area (Å²) in [4.78, 5) is 23.3. The first-order chi connectivity index (χ1) is 14.1. The summed E-state index contributed by atoms with van der Waals surface area (Å²) in [7, 11) is 0. The third-order valence-electron chi connectivity index (χ3n) is 5.23. The molecule has 0 atom stereocenters. The van der Waals surface area contributed by atoms with Crippen molar-refractivity contribution in [3.05, 3.63) is 0 Å². The summed E-state index contributed by atoms with van der Waals surface area (Å²) in [5, 5.41) is 0. The summed E-state index contributed by atoms with van der Waals surface area (Å²) in [6, 6.07) is 0. The summed E-state index contributed by atoms with van der Waals surface area (Å²) in [6.45, 7) is 7.63. The number of unbranched alkanes of at least 4 members (excludes halogenated alkanes) is 12. The van der Waals surface area contributed by atoms with Crippen LogP contribution >= 0.6 is 0 Å². The van der Waals surface area contributed by atoms with Gasteiger partial charge in [0.15, 0.2) is 0 Å². The molecule has 0 aliphatic rings. The van der Waals surface area contributed by atoms with E-state index in [-0.39, 0.29) is 11.9 Å². The zero-order chi connectivity index (χ0) is 21.6. The molecule has 0 saturated heterocycles. The minimum absolute atomic E-state index is 0.0444. The first-order valence-corrected chi connectivity index (χ1v) is 12.4. The van der Waals surface area contributed by atoms with Crippen LogP contribution in [0.15, 0.2) is 0 Å². The van der Waals surface area contributed by atoms with E-state index in [9.17, 15) is 9.59 Å². The Hall–Kier alpha value is -1.06. The van der Waals surface area contributed by atoms with Crippen molar-refractivity contribution in [2.75, 3.05) is 13.2 Å². The van der Waals surface area contributed by atoms with Crippen LogP contribution in [-0.4, -0.2) is 25.2 Å². The van der Waals surface area contributed by atoms with Gasteiger partial charge in [-0.2, -0.15) is 0 Å². The molecule has 0 aliphatic heterocycles. The molecule has 0 aliphatic carbocycles. The molecule has 0 aromatic heterocycles. The van der Waals surface area contributed by atoms with Crippen molar-refractivity contribution in [3.8, 4) is 0 Å². The maximum atomic E-state index is 11.7. The Morgan fingerprint density at radius 1 is 0.586 bits per heavy atom. The van der Waals surface area contributed by atoms with Gasteiger partial charge in [-0.15, -0.1) is 0 Å². The van der Waals surface area contributed by atoms with Gasteiger partial charge in [-0.05, 0) is 31.6 Å². The van der Waals surface area contributed by atoms with Crippen LogP contribution in [0.4, 0.5) is 0 Å². The lowest BCUT2D eigenvalue weighted by atomic mass is 10.1. The molecule has 172 valence electrons. The van der Waals surface area contributed by atoms with Crippen molar-refractivity contribution >= 4 is 11.9 Å². The van der Waals surface area contributed by atoms with Gasteiger partial charge in [-0.25, -0.2) is 0 Å². The minimum atomic E-state index is -0.0649.